The molecule has 4 heteroatoms. The second-order valence-electron chi connectivity index (χ2n) is 3.53. The molecule has 1 amide bonds. The number of thiocarbonyl (C=S) groups is 1. The molecule has 0 saturated heterocycles. The van der Waals surface area contributed by atoms with E-state index in [2.05, 4.69) is 17.6 Å². The van der Waals surface area contributed by atoms with Gasteiger partial charge in [-0.1, -0.05) is 37.3 Å². The van der Waals surface area contributed by atoms with Gasteiger partial charge in [-0.25, -0.2) is 0 Å². The van der Waals surface area contributed by atoms with Gasteiger partial charge in [0.1, 0.15) is 0 Å². The highest BCUT2D eigenvalue weighted by Gasteiger charge is 2.10. The molecule has 0 aromatic heterocycles. The Bertz CT molecular complexity index is 365. The topological polar surface area (TPSA) is 41.1 Å². The molecule has 0 aliphatic carbocycles. The molecule has 86 valence electrons. The minimum absolute atomic E-state index is 0.139. The van der Waals surface area contributed by atoms with E-state index in [9.17, 15) is 4.79 Å². The SMILES string of the molecule is CCC(NC(=S)NC(C)=O)c1ccccc1. The highest BCUT2D eigenvalue weighted by Crippen LogP contribution is 2.15. The number of benzene rings is 1. The molecule has 1 rings (SSSR count). The van der Waals surface area contributed by atoms with E-state index in [1.807, 2.05) is 30.3 Å². The Morgan fingerprint density at radius 1 is 1.38 bits per heavy atom. The lowest BCUT2D eigenvalue weighted by atomic mass is 10.1. The van der Waals surface area contributed by atoms with Crippen molar-refractivity contribution in [2.75, 3.05) is 0 Å². The predicted molar refractivity (Wildman–Crippen MR) is 69.0 cm³/mol. The van der Waals surface area contributed by atoms with Gasteiger partial charge in [0.25, 0.3) is 0 Å². The summed E-state index contributed by atoms with van der Waals surface area (Å²) in [6.45, 7) is 3.51. The highest BCUT2D eigenvalue weighted by atomic mass is 32.1. The van der Waals surface area contributed by atoms with Crippen molar-refractivity contribution in [3.63, 3.8) is 0 Å². The second-order valence-corrected chi connectivity index (χ2v) is 3.93. The van der Waals surface area contributed by atoms with E-state index < -0.39 is 0 Å². The van der Waals surface area contributed by atoms with E-state index in [0.29, 0.717) is 5.11 Å². The van der Waals surface area contributed by atoms with Crippen molar-refractivity contribution in [2.45, 2.75) is 26.3 Å². The zero-order valence-corrected chi connectivity index (χ0v) is 10.3. The largest absolute Gasteiger partial charge is 0.356 e. The molecule has 0 spiro atoms. The van der Waals surface area contributed by atoms with Crippen LogP contribution in [0.25, 0.3) is 0 Å². The summed E-state index contributed by atoms with van der Waals surface area (Å²) in [5.41, 5.74) is 1.16. The van der Waals surface area contributed by atoms with Crippen LogP contribution in [0.4, 0.5) is 0 Å². The van der Waals surface area contributed by atoms with Crippen LogP contribution >= 0.6 is 12.2 Å². The number of rotatable bonds is 3. The molecule has 1 aromatic carbocycles. The van der Waals surface area contributed by atoms with Crippen LogP contribution in [0.3, 0.4) is 0 Å². The molecule has 0 aliphatic rings. The van der Waals surface area contributed by atoms with Gasteiger partial charge >= 0.3 is 0 Å². The predicted octanol–water partition coefficient (Wildman–Crippen LogP) is 2.15. The Hall–Kier alpha value is -1.42. The zero-order chi connectivity index (χ0) is 12.0. The van der Waals surface area contributed by atoms with Gasteiger partial charge in [-0.05, 0) is 24.2 Å². The average molecular weight is 236 g/mol. The average Bonchev–Trinajstić information content (AvgIpc) is 2.26. The van der Waals surface area contributed by atoms with Gasteiger partial charge in [-0.3, -0.25) is 4.79 Å². The van der Waals surface area contributed by atoms with E-state index in [-0.39, 0.29) is 11.9 Å². The molecule has 0 heterocycles. The third-order valence-electron chi connectivity index (χ3n) is 2.21. The molecule has 0 radical (unpaired) electrons. The molecule has 3 nitrogen and oxygen atoms in total. The summed E-state index contributed by atoms with van der Waals surface area (Å²) in [5, 5.41) is 6.05. The third kappa shape index (κ3) is 3.98. The van der Waals surface area contributed by atoms with Crippen LogP contribution in [-0.2, 0) is 4.79 Å². The van der Waals surface area contributed by atoms with Crippen LogP contribution in [0.1, 0.15) is 31.9 Å². The van der Waals surface area contributed by atoms with Gasteiger partial charge in [-0.2, -0.15) is 0 Å². The lowest BCUT2D eigenvalue weighted by Gasteiger charge is -2.19. The summed E-state index contributed by atoms with van der Waals surface area (Å²) in [6, 6.07) is 10.2. The Morgan fingerprint density at radius 3 is 2.50 bits per heavy atom. The molecule has 0 aliphatic heterocycles. The van der Waals surface area contributed by atoms with Crippen molar-refractivity contribution in [1.82, 2.24) is 10.6 Å². The molecule has 1 unspecified atom stereocenters. The molecule has 0 bridgehead atoms. The minimum atomic E-state index is -0.152. The first-order chi connectivity index (χ1) is 7.63. The van der Waals surface area contributed by atoms with Crippen molar-refractivity contribution in [2.24, 2.45) is 0 Å². The maximum Gasteiger partial charge on any atom is 0.222 e. The summed E-state index contributed by atoms with van der Waals surface area (Å²) in [6.07, 6.45) is 0.906. The second kappa shape index (κ2) is 6.23. The van der Waals surface area contributed by atoms with Crippen molar-refractivity contribution in [1.29, 1.82) is 0 Å². The van der Waals surface area contributed by atoms with Crippen LogP contribution in [0.5, 0.6) is 0 Å². The van der Waals surface area contributed by atoms with Crippen LogP contribution < -0.4 is 10.6 Å². The normalized spacial score (nSPS) is 11.6. The monoisotopic (exact) mass is 236 g/mol. The van der Waals surface area contributed by atoms with Crippen LogP contribution in [0, 0.1) is 0 Å². The number of carbonyl (C=O) groups is 1. The lowest BCUT2D eigenvalue weighted by molar-refractivity contribution is -0.117. The third-order valence-corrected chi connectivity index (χ3v) is 2.42. The maximum atomic E-state index is 10.8. The molecule has 16 heavy (non-hydrogen) atoms. The van der Waals surface area contributed by atoms with Gasteiger partial charge in [0.2, 0.25) is 5.91 Å². The number of hydrogen-bond acceptors (Lipinski definition) is 2. The van der Waals surface area contributed by atoms with Gasteiger partial charge < -0.3 is 10.6 Å². The highest BCUT2D eigenvalue weighted by molar-refractivity contribution is 7.80. The fourth-order valence-electron chi connectivity index (χ4n) is 1.46. The van der Waals surface area contributed by atoms with E-state index in [4.69, 9.17) is 12.2 Å². The van der Waals surface area contributed by atoms with Gasteiger partial charge in [-0.15, -0.1) is 0 Å². The summed E-state index contributed by atoms with van der Waals surface area (Å²) in [4.78, 5) is 10.8. The molecular weight excluding hydrogens is 220 g/mol. The maximum absolute atomic E-state index is 10.8. The minimum Gasteiger partial charge on any atom is -0.356 e. The molecule has 1 aromatic rings. The Morgan fingerprint density at radius 2 is 2.00 bits per heavy atom. The van der Waals surface area contributed by atoms with Crippen LogP contribution in [-0.4, -0.2) is 11.0 Å². The summed E-state index contributed by atoms with van der Waals surface area (Å²) < 4.78 is 0. The smallest absolute Gasteiger partial charge is 0.222 e. The van der Waals surface area contributed by atoms with E-state index in [1.54, 1.807) is 0 Å². The van der Waals surface area contributed by atoms with Crippen LogP contribution in [0.2, 0.25) is 0 Å². The standard InChI is InChI=1S/C12H16N2OS/c1-3-11(10-7-5-4-6-8-10)14-12(16)13-9(2)15/h4-8,11H,3H2,1-2H3,(H2,13,14,15,16). The Kier molecular flexibility index (Phi) is 4.92. The molecule has 2 N–H and O–H groups in total. The summed E-state index contributed by atoms with van der Waals surface area (Å²) in [7, 11) is 0. The van der Waals surface area contributed by atoms with E-state index >= 15 is 0 Å². The Labute approximate surface area is 101 Å². The van der Waals surface area contributed by atoms with Crippen molar-refractivity contribution >= 4 is 23.2 Å². The first-order valence-corrected chi connectivity index (χ1v) is 5.67. The van der Waals surface area contributed by atoms with Gasteiger partial charge in [0.15, 0.2) is 5.11 Å². The lowest BCUT2D eigenvalue weighted by Crippen LogP contribution is -2.39. The molecule has 0 fully saturated rings. The molecule has 1 atom stereocenters. The van der Waals surface area contributed by atoms with Crippen molar-refractivity contribution in [3.8, 4) is 0 Å². The first kappa shape index (κ1) is 12.6. The Balaban J connectivity index is 2.63. The summed E-state index contributed by atoms with van der Waals surface area (Å²) in [5.74, 6) is -0.152. The van der Waals surface area contributed by atoms with Crippen molar-refractivity contribution < 1.29 is 4.79 Å². The van der Waals surface area contributed by atoms with Crippen molar-refractivity contribution in [3.05, 3.63) is 35.9 Å². The van der Waals surface area contributed by atoms with Gasteiger partial charge in [0.05, 0.1) is 6.04 Å². The molecule has 0 saturated carbocycles. The van der Waals surface area contributed by atoms with E-state index in [1.165, 1.54) is 6.92 Å². The summed E-state index contributed by atoms with van der Waals surface area (Å²) >= 11 is 5.03. The fourth-order valence-corrected chi connectivity index (χ4v) is 1.75. The van der Waals surface area contributed by atoms with Crippen LogP contribution in [0.15, 0.2) is 30.3 Å². The zero-order valence-electron chi connectivity index (χ0n) is 9.49. The van der Waals surface area contributed by atoms with Gasteiger partial charge in [0, 0.05) is 6.92 Å². The fraction of sp³-hybridized carbons (Fsp3) is 0.333. The quantitative estimate of drug-likeness (QED) is 0.790. The first-order valence-electron chi connectivity index (χ1n) is 5.26. The molecular formula is C12H16N2OS. The number of hydrogen-bond donors (Lipinski definition) is 2. The van der Waals surface area contributed by atoms with E-state index in [0.717, 1.165) is 12.0 Å². The number of carbonyl (C=O) groups excluding carboxylic acids is 1. The number of amides is 1. The number of nitrogens with one attached hydrogen (secondary N) is 2.